The number of para-hydroxylation sites is 1. The van der Waals surface area contributed by atoms with Crippen LogP contribution >= 0.6 is 0 Å². The predicted octanol–water partition coefficient (Wildman–Crippen LogP) is 3.50. The molecule has 0 bridgehead atoms. The lowest BCUT2D eigenvalue weighted by atomic mass is 10.2. The van der Waals surface area contributed by atoms with Gasteiger partial charge in [-0.3, -0.25) is 4.79 Å². The van der Waals surface area contributed by atoms with Crippen molar-refractivity contribution < 1.29 is 22.7 Å². The van der Waals surface area contributed by atoms with Crippen molar-refractivity contribution in [3.63, 3.8) is 0 Å². The summed E-state index contributed by atoms with van der Waals surface area (Å²) in [5, 5.41) is 6.78. The van der Waals surface area contributed by atoms with E-state index in [9.17, 15) is 18.0 Å². The number of pyridine rings is 1. The number of nitrogens with one attached hydrogen (secondary N) is 1. The van der Waals surface area contributed by atoms with Crippen LogP contribution in [0.1, 0.15) is 11.1 Å². The Kier molecular flexibility index (Phi) is 5.73. The molecule has 0 fully saturated rings. The molecule has 9 heteroatoms. The second kappa shape index (κ2) is 8.38. The molecule has 2 aromatic heterocycles. The molecule has 0 spiro atoms. The van der Waals surface area contributed by atoms with Crippen LogP contribution in [-0.4, -0.2) is 27.0 Å². The topological polar surface area (TPSA) is 69.0 Å². The van der Waals surface area contributed by atoms with E-state index in [-0.39, 0.29) is 17.9 Å². The number of ether oxygens (including phenoxy) is 1. The minimum Gasteiger partial charge on any atom is -0.405 e. The Hall–Kier alpha value is -3.62. The highest BCUT2D eigenvalue weighted by atomic mass is 19.4. The molecule has 0 saturated carbocycles. The molecule has 0 aliphatic carbocycles. The third-order valence-corrected chi connectivity index (χ3v) is 3.60. The maximum atomic E-state index is 12.4. The molecule has 0 radical (unpaired) electrons. The van der Waals surface area contributed by atoms with Crippen LogP contribution in [0.25, 0.3) is 11.9 Å². The molecule has 0 aliphatic heterocycles. The van der Waals surface area contributed by atoms with E-state index >= 15 is 0 Å². The van der Waals surface area contributed by atoms with Crippen LogP contribution in [0.5, 0.6) is 5.75 Å². The van der Waals surface area contributed by atoms with Crippen molar-refractivity contribution in [2.45, 2.75) is 12.9 Å². The zero-order chi connectivity index (χ0) is 20.0. The number of amides is 1. The van der Waals surface area contributed by atoms with Gasteiger partial charge in [0, 0.05) is 42.3 Å². The first-order valence-electron chi connectivity index (χ1n) is 8.17. The maximum absolute atomic E-state index is 12.4. The number of aromatic nitrogens is 3. The van der Waals surface area contributed by atoms with E-state index in [0.29, 0.717) is 5.82 Å². The molecule has 0 saturated heterocycles. The fourth-order valence-electron chi connectivity index (χ4n) is 2.41. The van der Waals surface area contributed by atoms with Crippen molar-refractivity contribution in [3.8, 4) is 11.6 Å². The number of hydrogen-bond donors (Lipinski definition) is 1. The Labute approximate surface area is 158 Å². The highest BCUT2D eigenvalue weighted by Crippen LogP contribution is 2.26. The fraction of sp³-hybridized carbons (Fsp3) is 0.105. The van der Waals surface area contributed by atoms with Crippen LogP contribution in [0, 0.1) is 0 Å². The van der Waals surface area contributed by atoms with Crippen molar-refractivity contribution in [2.24, 2.45) is 0 Å². The summed E-state index contributed by atoms with van der Waals surface area (Å²) in [7, 11) is 0. The smallest absolute Gasteiger partial charge is 0.405 e. The average Bonchev–Trinajstić information content (AvgIpc) is 3.19. The number of halogens is 3. The molecule has 1 amide bonds. The molecule has 1 aromatic carbocycles. The van der Waals surface area contributed by atoms with Gasteiger partial charge in [-0.05, 0) is 24.3 Å². The number of hydrogen-bond acceptors (Lipinski definition) is 4. The van der Waals surface area contributed by atoms with Crippen LogP contribution in [0.2, 0.25) is 0 Å². The molecule has 6 nitrogen and oxygen atoms in total. The van der Waals surface area contributed by atoms with Gasteiger partial charge in [-0.2, -0.15) is 5.10 Å². The van der Waals surface area contributed by atoms with E-state index in [1.165, 1.54) is 24.3 Å². The quantitative estimate of drug-likeness (QED) is 0.657. The minimum atomic E-state index is -4.81. The zero-order valence-electron chi connectivity index (χ0n) is 14.4. The lowest BCUT2D eigenvalue weighted by Gasteiger charge is -2.11. The van der Waals surface area contributed by atoms with Crippen LogP contribution in [0.3, 0.4) is 0 Å². The van der Waals surface area contributed by atoms with E-state index in [1.54, 1.807) is 47.5 Å². The third-order valence-electron chi connectivity index (χ3n) is 3.60. The minimum absolute atomic E-state index is 0.133. The van der Waals surface area contributed by atoms with Crippen molar-refractivity contribution in [1.29, 1.82) is 0 Å². The largest absolute Gasteiger partial charge is 0.573 e. The number of nitrogens with zero attached hydrogens (tertiary/aromatic N) is 3. The van der Waals surface area contributed by atoms with Crippen LogP contribution in [0.15, 0.2) is 67.1 Å². The summed E-state index contributed by atoms with van der Waals surface area (Å²) >= 11 is 0. The highest BCUT2D eigenvalue weighted by molar-refractivity contribution is 5.92. The fourth-order valence-corrected chi connectivity index (χ4v) is 2.41. The lowest BCUT2D eigenvalue weighted by Crippen LogP contribution is -2.21. The maximum Gasteiger partial charge on any atom is 0.573 e. The van der Waals surface area contributed by atoms with Crippen LogP contribution in [0.4, 0.5) is 13.2 Å². The second-order valence-corrected chi connectivity index (χ2v) is 5.57. The molecule has 0 atom stereocenters. The summed E-state index contributed by atoms with van der Waals surface area (Å²) in [6.45, 7) is 0.174. The van der Waals surface area contributed by atoms with Gasteiger partial charge in [0.2, 0.25) is 5.91 Å². The number of alkyl halides is 3. The molecule has 2 heterocycles. The number of rotatable bonds is 6. The Bertz CT molecular complexity index is 969. The zero-order valence-corrected chi connectivity index (χ0v) is 14.4. The molecular weight excluding hydrogens is 373 g/mol. The van der Waals surface area contributed by atoms with Crippen LogP contribution < -0.4 is 10.1 Å². The van der Waals surface area contributed by atoms with Gasteiger partial charge < -0.3 is 10.1 Å². The first-order valence-corrected chi connectivity index (χ1v) is 8.17. The highest BCUT2D eigenvalue weighted by Gasteiger charge is 2.31. The first-order chi connectivity index (χ1) is 13.4. The first kappa shape index (κ1) is 19.2. The summed E-state index contributed by atoms with van der Waals surface area (Å²) in [4.78, 5) is 16.3. The molecule has 0 aliphatic rings. The molecule has 3 aromatic rings. The molecular formula is C19H15F3N4O2. The van der Waals surface area contributed by atoms with E-state index in [4.69, 9.17) is 0 Å². The summed E-state index contributed by atoms with van der Waals surface area (Å²) < 4.78 is 42.9. The normalized spacial score (nSPS) is 11.5. The van der Waals surface area contributed by atoms with Gasteiger partial charge in [-0.1, -0.05) is 24.3 Å². The molecule has 144 valence electrons. The Morgan fingerprint density at radius 2 is 1.96 bits per heavy atom. The van der Waals surface area contributed by atoms with Gasteiger partial charge in [-0.15, -0.1) is 13.2 Å². The molecule has 1 N–H and O–H groups in total. The summed E-state index contributed by atoms with van der Waals surface area (Å²) in [6, 6.07) is 10.8. The Balaban J connectivity index is 1.66. The van der Waals surface area contributed by atoms with Gasteiger partial charge in [0.1, 0.15) is 5.75 Å². The van der Waals surface area contributed by atoms with E-state index < -0.39 is 12.3 Å². The van der Waals surface area contributed by atoms with E-state index in [2.05, 4.69) is 20.1 Å². The van der Waals surface area contributed by atoms with Gasteiger partial charge in [0.25, 0.3) is 0 Å². The Morgan fingerprint density at radius 1 is 1.14 bits per heavy atom. The Morgan fingerprint density at radius 3 is 2.71 bits per heavy atom. The van der Waals surface area contributed by atoms with Crippen molar-refractivity contribution >= 4 is 12.0 Å². The summed E-state index contributed by atoms with van der Waals surface area (Å²) in [5.41, 5.74) is 0.863. The monoisotopic (exact) mass is 388 g/mol. The second-order valence-electron chi connectivity index (χ2n) is 5.57. The van der Waals surface area contributed by atoms with E-state index in [0.717, 1.165) is 11.6 Å². The third kappa shape index (κ3) is 5.19. The van der Waals surface area contributed by atoms with Crippen LogP contribution in [-0.2, 0) is 11.3 Å². The SMILES string of the molecule is O=C(/C=C/c1ccccc1OC(F)(F)F)NCc1cccnc1-n1cccn1. The molecule has 3 rings (SSSR count). The van der Waals surface area contributed by atoms with Crippen molar-refractivity contribution in [1.82, 2.24) is 20.1 Å². The lowest BCUT2D eigenvalue weighted by molar-refractivity contribution is -0.274. The molecule has 28 heavy (non-hydrogen) atoms. The molecule has 0 unspecified atom stereocenters. The van der Waals surface area contributed by atoms with Gasteiger partial charge >= 0.3 is 6.36 Å². The van der Waals surface area contributed by atoms with Gasteiger partial charge in [0.05, 0.1) is 0 Å². The van der Waals surface area contributed by atoms with Crippen molar-refractivity contribution in [3.05, 3.63) is 78.3 Å². The average molecular weight is 388 g/mol. The van der Waals surface area contributed by atoms with Gasteiger partial charge in [-0.25, -0.2) is 9.67 Å². The number of benzene rings is 1. The van der Waals surface area contributed by atoms with Gasteiger partial charge in [0.15, 0.2) is 5.82 Å². The number of carbonyl (C=O) groups is 1. The van der Waals surface area contributed by atoms with E-state index in [1.807, 2.05) is 0 Å². The summed E-state index contributed by atoms with van der Waals surface area (Å²) in [6.07, 6.45) is 2.54. The van der Waals surface area contributed by atoms with Crippen molar-refractivity contribution in [2.75, 3.05) is 0 Å². The standard InChI is InChI=1S/C19H15F3N4O2/c20-19(21,22)28-16-7-2-1-5-14(16)8-9-17(27)24-13-15-6-3-10-23-18(15)26-12-4-11-25-26/h1-12H,13H2,(H,24,27)/b9-8+. The summed E-state index contributed by atoms with van der Waals surface area (Å²) in [5.74, 6) is -0.287. The predicted molar refractivity (Wildman–Crippen MR) is 95.4 cm³/mol. The number of carbonyl (C=O) groups excluding carboxylic acids is 1.